The molecule has 0 fully saturated rings. The highest BCUT2D eigenvalue weighted by Gasteiger charge is 2.20. The summed E-state index contributed by atoms with van der Waals surface area (Å²) in [6, 6.07) is 4.29. The lowest BCUT2D eigenvalue weighted by atomic mass is 10.0. The van der Waals surface area contributed by atoms with Gasteiger partial charge in [0.25, 0.3) is 5.69 Å². The van der Waals surface area contributed by atoms with Crippen LogP contribution in [0.5, 0.6) is 0 Å². The van der Waals surface area contributed by atoms with E-state index in [1.165, 1.54) is 6.07 Å². The van der Waals surface area contributed by atoms with Crippen molar-refractivity contribution < 1.29 is 10.0 Å². The van der Waals surface area contributed by atoms with E-state index in [0.29, 0.717) is 11.8 Å². The monoisotopic (exact) mass is 261 g/mol. The zero-order valence-corrected chi connectivity index (χ0v) is 10.5. The topological polar surface area (TPSA) is 94.3 Å². The molecule has 0 saturated carbocycles. The molecule has 0 aliphatic rings. The molecule has 0 saturated heterocycles. The number of aryl methyl sites for hydroxylation is 1. The summed E-state index contributed by atoms with van der Waals surface area (Å²) in [5.41, 5.74) is 7.28. The lowest BCUT2D eigenvalue weighted by Gasteiger charge is -2.08. The van der Waals surface area contributed by atoms with Gasteiger partial charge in [-0.3, -0.25) is 10.1 Å². The van der Waals surface area contributed by atoms with E-state index < -0.39 is 11.0 Å². The lowest BCUT2D eigenvalue weighted by Crippen LogP contribution is -2.24. The third-order valence-electron chi connectivity index (χ3n) is 3.14. The fourth-order valence-electron chi connectivity index (χ4n) is 2.18. The number of nitro groups is 1. The normalized spacial score (nSPS) is 12.5. The van der Waals surface area contributed by atoms with Crippen molar-refractivity contribution in [1.82, 2.24) is 4.57 Å². The van der Waals surface area contributed by atoms with Crippen molar-refractivity contribution in [2.75, 3.05) is 0 Å². The maximum absolute atomic E-state index is 11.1. The average molecular weight is 261 g/mol. The van der Waals surface area contributed by atoms with Crippen molar-refractivity contribution in [2.45, 2.75) is 12.5 Å². The van der Waals surface area contributed by atoms with Crippen molar-refractivity contribution >= 4 is 16.6 Å². The van der Waals surface area contributed by atoms with Crippen molar-refractivity contribution in [1.29, 1.82) is 0 Å². The van der Waals surface area contributed by atoms with Gasteiger partial charge < -0.3 is 15.4 Å². The van der Waals surface area contributed by atoms with Crippen LogP contribution in [-0.2, 0) is 13.5 Å². The molecule has 2 aromatic rings. The Kier molecular flexibility index (Phi) is 3.26. The predicted molar refractivity (Wildman–Crippen MR) is 73.0 cm³/mol. The van der Waals surface area contributed by atoms with Crippen LogP contribution in [0.2, 0.25) is 0 Å². The van der Waals surface area contributed by atoms with E-state index in [1.54, 1.807) is 12.3 Å². The molecule has 6 heteroatoms. The third kappa shape index (κ3) is 2.30. The van der Waals surface area contributed by atoms with E-state index in [2.05, 4.69) is 6.58 Å². The molecule has 0 spiro atoms. The number of non-ortho nitro benzene ring substituents is 1. The largest absolute Gasteiger partial charge is 0.511 e. The second-order valence-electron chi connectivity index (χ2n) is 4.50. The summed E-state index contributed by atoms with van der Waals surface area (Å²) in [5, 5.41) is 20.9. The molecule has 0 bridgehead atoms. The molecule has 1 aromatic carbocycles. The summed E-state index contributed by atoms with van der Waals surface area (Å²) in [6.45, 7) is 3.39. The minimum Gasteiger partial charge on any atom is -0.511 e. The maximum atomic E-state index is 11.1. The number of nitro benzene ring substituents is 1. The van der Waals surface area contributed by atoms with Crippen molar-refractivity contribution in [3.63, 3.8) is 0 Å². The number of hydrogen-bond donors (Lipinski definition) is 2. The minimum absolute atomic E-state index is 0.0452. The molecule has 0 radical (unpaired) electrons. The first kappa shape index (κ1) is 13.1. The van der Waals surface area contributed by atoms with E-state index in [-0.39, 0.29) is 11.4 Å². The average Bonchev–Trinajstić information content (AvgIpc) is 2.66. The van der Waals surface area contributed by atoms with Crippen LogP contribution in [0.15, 0.2) is 36.7 Å². The van der Waals surface area contributed by atoms with Gasteiger partial charge >= 0.3 is 0 Å². The molecule has 0 amide bonds. The zero-order valence-electron chi connectivity index (χ0n) is 10.5. The molecular weight excluding hydrogens is 246 g/mol. The van der Waals surface area contributed by atoms with Gasteiger partial charge in [0.2, 0.25) is 0 Å². The Labute approximate surface area is 109 Å². The fourth-order valence-corrected chi connectivity index (χ4v) is 2.18. The molecule has 1 unspecified atom stereocenters. The van der Waals surface area contributed by atoms with Crippen LogP contribution in [0.4, 0.5) is 5.69 Å². The highest BCUT2D eigenvalue weighted by atomic mass is 16.6. The van der Waals surface area contributed by atoms with Crippen LogP contribution in [0, 0.1) is 10.1 Å². The molecule has 100 valence electrons. The number of nitrogens with zero attached hydrogens (tertiary/aromatic N) is 2. The van der Waals surface area contributed by atoms with Crippen LogP contribution >= 0.6 is 0 Å². The predicted octanol–water partition coefficient (Wildman–Crippen LogP) is 2.03. The third-order valence-corrected chi connectivity index (χ3v) is 3.14. The maximum Gasteiger partial charge on any atom is 0.279 e. The van der Waals surface area contributed by atoms with Crippen molar-refractivity contribution in [2.24, 2.45) is 12.8 Å². The van der Waals surface area contributed by atoms with E-state index in [9.17, 15) is 15.2 Å². The van der Waals surface area contributed by atoms with Gasteiger partial charge in [0.1, 0.15) is 5.76 Å². The van der Waals surface area contributed by atoms with Gasteiger partial charge in [0, 0.05) is 19.3 Å². The Morgan fingerprint density at radius 1 is 1.63 bits per heavy atom. The van der Waals surface area contributed by atoms with Crippen LogP contribution in [0.3, 0.4) is 0 Å². The number of aliphatic hydroxyl groups is 1. The molecule has 2 rings (SSSR count). The van der Waals surface area contributed by atoms with Crippen LogP contribution in [-0.4, -0.2) is 20.6 Å². The Balaban J connectivity index is 2.61. The van der Waals surface area contributed by atoms with Gasteiger partial charge in [0.15, 0.2) is 0 Å². The van der Waals surface area contributed by atoms with Crippen molar-refractivity contribution in [3.8, 4) is 0 Å². The van der Waals surface area contributed by atoms with Gasteiger partial charge in [-0.05, 0) is 18.1 Å². The van der Waals surface area contributed by atoms with Gasteiger partial charge in [0.05, 0.1) is 21.9 Å². The van der Waals surface area contributed by atoms with Gasteiger partial charge in [-0.15, -0.1) is 0 Å². The first-order valence-corrected chi connectivity index (χ1v) is 5.76. The number of hydrogen-bond acceptors (Lipinski definition) is 4. The first-order valence-electron chi connectivity index (χ1n) is 5.76. The molecular formula is C13H15N3O3. The van der Waals surface area contributed by atoms with E-state index in [0.717, 1.165) is 11.1 Å². The molecule has 3 N–H and O–H groups in total. The Hall–Kier alpha value is -2.34. The fraction of sp³-hybridized carbons (Fsp3) is 0.231. The lowest BCUT2D eigenvalue weighted by molar-refractivity contribution is -0.383. The smallest absolute Gasteiger partial charge is 0.279 e. The highest BCUT2D eigenvalue weighted by Crippen LogP contribution is 2.30. The second-order valence-corrected chi connectivity index (χ2v) is 4.50. The van der Waals surface area contributed by atoms with Gasteiger partial charge in [-0.1, -0.05) is 12.6 Å². The zero-order chi connectivity index (χ0) is 14.2. The minimum atomic E-state index is -0.634. The summed E-state index contributed by atoms with van der Waals surface area (Å²) in [4.78, 5) is 10.7. The summed E-state index contributed by atoms with van der Waals surface area (Å²) in [6.07, 6.45) is 2.10. The molecule has 0 aliphatic heterocycles. The van der Waals surface area contributed by atoms with E-state index in [1.807, 2.05) is 17.7 Å². The van der Waals surface area contributed by atoms with Gasteiger partial charge in [-0.25, -0.2) is 0 Å². The van der Waals surface area contributed by atoms with E-state index in [4.69, 9.17) is 5.73 Å². The molecule has 1 heterocycles. The molecule has 19 heavy (non-hydrogen) atoms. The summed E-state index contributed by atoms with van der Waals surface area (Å²) < 4.78 is 1.81. The Morgan fingerprint density at radius 3 is 2.89 bits per heavy atom. The molecule has 6 nitrogen and oxygen atoms in total. The van der Waals surface area contributed by atoms with Gasteiger partial charge in [-0.2, -0.15) is 0 Å². The Morgan fingerprint density at radius 2 is 2.32 bits per heavy atom. The first-order chi connectivity index (χ1) is 8.91. The summed E-state index contributed by atoms with van der Waals surface area (Å²) in [7, 11) is 1.81. The SMILES string of the molecule is C=C(O)C(N)Cc1cn(C)c2cccc([N+](=O)[O-])c12. The van der Waals surface area contributed by atoms with Crippen LogP contribution in [0.25, 0.3) is 10.9 Å². The molecule has 0 aliphatic carbocycles. The second kappa shape index (κ2) is 4.74. The van der Waals surface area contributed by atoms with Crippen LogP contribution < -0.4 is 5.73 Å². The van der Waals surface area contributed by atoms with Crippen molar-refractivity contribution in [3.05, 3.63) is 52.4 Å². The number of aromatic nitrogens is 1. The van der Waals surface area contributed by atoms with Crippen LogP contribution in [0.1, 0.15) is 5.56 Å². The number of nitrogens with two attached hydrogens (primary N) is 1. The molecule has 1 aromatic heterocycles. The number of aliphatic hydroxyl groups excluding tert-OH is 1. The highest BCUT2D eigenvalue weighted by molar-refractivity contribution is 5.92. The number of rotatable bonds is 4. The number of fused-ring (bicyclic) bond motifs is 1. The quantitative estimate of drug-likeness (QED) is 0.500. The number of benzene rings is 1. The Bertz CT molecular complexity index is 660. The standard InChI is InChI=1S/C13H15N3O3/c1-8(17)10(14)6-9-7-15(2)11-4-3-5-12(13(9)11)16(18)19/h3-5,7,10,17H,1,6,14H2,2H3. The molecule has 1 atom stereocenters. The van der Waals surface area contributed by atoms with E-state index >= 15 is 0 Å². The summed E-state index contributed by atoms with van der Waals surface area (Å²) in [5.74, 6) is -0.129. The summed E-state index contributed by atoms with van der Waals surface area (Å²) >= 11 is 0.